The van der Waals surface area contributed by atoms with Crippen molar-refractivity contribution in [2.75, 3.05) is 52.5 Å². The Morgan fingerprint density at radius 1 is 0.370 bits per heavy atom. The summed E-state index contributed by atoms with van der Waals surface area (Å²) in [5.41, 5.74) is 0.947. The van der Waals surface area contributed by atoms with E-state index in [4.69, 9.17) is 9.47 Å². The predicted octanol–water partition coefficient (Wildman–Crippen LogP) is 13.6. The Hall–Kier alpha value is -1.92. The van der Waals surface area contributed by atoms with Crippen LogP contribution in [0.4, 0.5) is 0 Å². The molecule has 0 spiro atoms. The standard InChI is InChI=1S/C48H88N2O4/c1-5-9-11-13-15-17-19-21-23-25-27-29-39-49(7-3)41-31-33-43-53-47(51)45-35-37-46(38-36-45)48(52)54-44-34-32-42-50(8-4)40-30-28-26-24-22-20-18-16-14-12-10-6-2/h35-38H,5-34,39-44H2,1-4H3. The van der Waals surface area contributed by atoms with Crippen molar-refractivity contribution in [1.82, 2.24) is 9.80 Å². The highest BCUT2D eigenvalue weighted by Crippen LogP contribution is 2.14. The van der Waals surface area contributed by atoms with Crippen LogP contribution in [0.1, 0.15) is 228 Å². The molecule has 54 heavy (non-hydrogen) atoms. The molecule has 0 heterocycles. The van der Waals surface area contributed by atoms with Crippen LogP contribution >= 0.6 is 0 Å². The molecule has 0 atom stereocenters. The van der Waals surface area contributed by atoms with Crippen LogP contribution in [-0.2, 0) is 9.47 Å². The minimum atomic E-state index is -0.331. The second kappa shape index (κ2) is 38.0. The lowest BCUT2D eigenvalue weighted by molar-refractivity contribution is 0.0480. The number of hydrogen-bond donors (Lipinski definition) is 0. The fourth-order valence-corrected chi connectivity index (χ4v) is 7.32. The number of carbonyl (C=O) groups is 2. The smallest absolute Gasteiger partial charge is 0.338 e. The van der Waals surface area contributed by atoms with Crippen molar-refractivity contribution in [2.24, 2.45) is 0 Å². The van der Waals surface area contributed by atoms with Gasteiger partial charge in [0.25, 0.3) is 0 Å². The summed E-state index contributed by atoms with van der Waals surface area (Å²) in [6.07, 6.45) is 37.0. The number of unbranched alkanes of at least 4 members (excludes halogenated alkanes) is 24. The largest absolute Gasteiger partial charge is 0.462 e. The number of hydrogen-bond acceptors (Lipinski definition) is 6. The highest BCUT2D eigenvalue weighted by Gasteiger charge is 2.12. The maximum Gasteiger partial charge on any atom is 0.338 e. The first-order valence-corrected chi connectivity index (χ1v) is 23.4. The first kappa shape index (κ1) is 50.1. The third-order valence-corrected chi connectivity index (χ3v) is 11.1. The van der Waals surface area contributed by atoms with Gasteiger partial charge in [-0.1, -0.05) is 169 Å². The van der Waals surface area contributed by atoms with E-state index in [-0.39, 0.29) is 11.9 Å². The zero-order chi connectivity index (χ0) is 39.2. The average molecular weight is 757 g/mol. The molecule has 0 saturated carbocycles. The van der Waals surface area contributed by atoms with Crippen molar-refractivity contribution in [2.45, 2.75) is 207 Å². The minimum absolute atomic E-state index is 0.331. The summed E-state index contributed by atoms with van der Waals surface area (Å²) < 4.78 is 11.1. The highest BCUT2D eigenvalue weighted by molar-refractivity contribution is 5.93. The molecule has 0 amide bonds. The zero-order valence-electron chi connectivity index (χ0n) is 36.3. The van der Waals surface area contributed by atoms with Crippen molar-refractivity contribution >= 4 is 11.9 Å². The summed E-state index contributed by atoms with van der Waals surface area (Å²) >= 11 is 0. The second-order valence-electron chi connectivity index (χ2n) is 15.9. The fraction of sp³-hybridized carbons (Fsp3) is 0.833. The Morgan fingerprint density at radius 3 is 0.870 bits per heavy atom. The predicted molar refractivity (Wildman–Crippen MR) is 232 cm³/mol. The molecule has 314 valence electrons. The van der Waals surface area contributed by atoms with Gasteiger partial charge in [-0.05, 0) is 102 Å². The molecule has 0 saturated heterocycles. The molecule has 6 heteroatoms. The van der Waals surface area contributed by atoms with Gasteiger partial charge in [0.05, 0.1) is 24.3 Å². The maximum atomic E-state index is 12.6. The van der Waals surface area contributed by atoms with Crippen molar-refractivity contribution in [3.8, 4) is 0 Å². The molecule has 0 N–H and O–H groups in total. The van der Waals surface area contributed by atoms with E-state index in [2.05, 4.69) is 37.5 Å². The molecule has 1 aromatic carbocycles. The van der Waals surface area contributed by atoms with Crippen molar-refractivity contribution < 1.29 is 19.1 Å². The van der Waals surface area contributed by atoms with Crippen LogP contribution in [0.5, 0.6) is 0 Å². The number of ether oxygens (including phenoxy) is 2. The first-order chi connectivity index (χ1) is 26.5. The van der Waals surface area contributed by atoms with Gasteiger partial charge in [0.1, 0.15) is 0 Å². The highest BCUT2D eigenvalue weighted by atomic mass is 16.5. The van der Waals surface area contributed by atoms with Gasteiger partial charge in [-0.3, -0.25) is 0 Å². The normalized spacial score (nSPS) is 11.5. The molecule has 0 fully saturated rings. The van der Waals surface area contributed by atoms with Crippen LogP contribution in [0.15, 0.2) is 24.3 Å². The van der Waals surface area contributed by atoms with Gasteiger partial charge in [0, 0.05) is 0 Å². The third-order valence-electron chi connectivity index (χ3n) is 11.1. The summed E-state index contributed by atoms with van der Waals surface area (Å²) in [5.74, 6) is -0.662. The lowest BCUT2D eigenvalue weighted by atomic mass is 10.1. The van der Waals surface area contributed by atoms with E-state index in [1.807, 2.05) is 0 Å². The van der Waals surface area contributed by atoms with E-state index in [1.54, 1.807) is 24.3 Å². The Bertz CT molecular complexity index is 891. The van der Waals surface area contributed by atoms with E-state index in [9.17, 15) is 9.59 Å². The van der Waals surface area contributed by atoms with Gasteiger partial charge >= 0.3 is 11.9 Å². The minimum Gasteiger partial charge on any atom is -0.462 e. The Balaban J connectivity index is 2.06. The molecule has 0 unspecified atom stereocenters. The van der Waals surface area contributed by atoms with Crippen LogP contribution in [0.25, 0.3) is 0 Å². The molecule has 6 nitrogen and oxygen atoms in total. The zero-order valence-corrected chi connectivity index (χ0v) is 36.3. The van der Waals surface area contributed by atoms with Gasteiger partial charge in [0.15, 0.2) is 0 Å². The van der Waals surface area contributed by atoms with Gasteiger partial charge < -0.3 is 19.3 Å². The number of carbonyl (C=O) groups excluding carboxylic acids is 2. The third kappa shape index (κ3) is 29.4. The summed E-state index contributed by atoms with van der Waals surface area (Å²) in [6, 6.07) is 6.67. The molecule has 0 aliphatic heterocycles. The Kier molecular flexibility index (Phi) is 35.2. The summed E-state index contributed by atoms with van der Waals surface area (Å²) in [4.78, 5) is 30.2. The number of esters is 2. The summed E-state index contributed by atoms with van der Waals surface area (Å²) in [5, 5.41) is 0. The van der Waals surface area contributed by atoms with Crippen LogP contribution in [0.3, 0.4) is 0 Å². The van der Waals surface area contributed by atoms with Gasteiger partial charge in [0.2, 0.25) is 0 Å². The molecule has 1 rings (SSSR count). The molecular formula is C48H88N2O4. The molecule has 0 aliphatic carbocycles. The van der Waals surface area contributed by atoms with E-state index in [0.717, 1.165) is 51.9 Å². The molecule has 0 aromatic heterocycles. The molecule has 1 aromatic rings. The molecule has 0 radical (unpaired) electrons. The maximum absolute atomic E-state index is 12.6. The van der Waals surface area contributed by atoms with Crippen LogP contribution in [-0.4, -0.2) is 74.2 Å². The lowest BCUT2D eigenvalue weighted by Gasteiger charge is -2.20. The van der Waals surface area contributed by atoms with Crippen molar-refractivity contribution in [3.05, 3.63) is 35.4 Å². The van der Waals surface area contributed by atoms with E-state index >= 15 is 0 Å². The SMILES string of the molecule is CCCCCCCCCCCCCCN(CC)CCCCOC(=O)c1ccc(C(=O)OCCCCN(CC)CCCCCCCCCCCCCC)cc1. The Morgan fingerprint density at radius 2 is 0.611 bits per heavy atom. The fourth-order valence-electron chi connectivity index (χ4n) is 7.32. The lowest BCUT2D eigenvalue weighted by Crippen LogP contribution is -2.26. The average Bonchev–Trinajstić information content (AvgIpc) is 3.19. The Labute approximate surface area is 335 Å². The topological polar surface area (TPSA) is 59.1 Å². The molecule has 0 bridgehead atoms. The van der Waals surface area contributed by atoms with Gasteiger partial charge in [-0.2, -0.15) is 0 Å². The van der Waals surface area contributed by atoms with E-state index in [0.29, 0.717) is 24.3 Å². The quantitative estimate of drug-likeness (QED) is 0.0491. The monoisotopic (exact) mass is 757 g/mol. The van der Waals surface area contributed by atoms with Crippen LogP contribution in [0.2, 0.25) is 0 Å². The number of rotatable bonds is 40. The van der Waals surface area contributed by atoms with Gasteiger partial charge in [-0.15, -0.1) is 0 Å². The molecular weight excluding hydrogens is 669 g/mol. The summed E-state index contributed by atoms with van der Waals surface area (Å²) in [7, 11) is 0. The van der Waals surface area contributed by atoms with Crippen LogP contribution in [0, 0.1) is 0 Å². The molecule has 0 aliphatic rings. The van der Waals surface area contributed by atoms with Crippen LogP contribution < -0.4 is 0 Å². The van der Waals surface area contributed by atoms with Crippen molar-refractivity contribution in [3.63, 3.8) is 0 Å². The number of nitrogens with zero attached hydrogens (tertiary/aromatic N) is 2. The van der Waals surface area contributed by atoms with Gasteiger partial charge in [-0.25, -0.2) is 9.59 Å². The second-order valence-corrected chi connectivity index (χ2v) is 15.9. The number of benzene rings is 1. The van der Waals surface area contributed by atoms with E-state index in [1.165, 1.54) is 167 Å². The van der Waals surface area contributed by atoms with E-state index < -0.39 is 0 Å². The summed E-state index contributed by atoms with van der Waals surface area (Å²) in [6.45, 7) is 16.5. The first-order valence-electron chi connectivity index (χ1n) is 23.4. The van der Waals surface area contributed by atoms with Crippen molar-refractivity contribution in [1.29, 1.82) is 0 Å².